The molecule has 0 bridgehead atoms. The zero-order valence-electron chi connectivity index (χ0n) is 14.9. The second kappa shape index (κ2) is 8.04. The highest BCUT2D eigenvalue weighted by molar-refractivity contribution is 7.99. The highest BCUT2D eigenvalue weighted by Crippen LogP contribution is 2.24. The number of nitrogens with zero attached hydrogens (tertiary/aromatic N) is 4. The van der Waals surface area contributed by atoms with Crippen LogP contribution in [0.15, 0.2) is 64.2 Å². The van der Waals surface area contributed by atoms with Crippen LogP contribution in [0, 0.1) is 0 Å². The number of carbonyl (C=O) groups is 1. The van der Waals surface area contributed by atoms with E-state index < -0.39 is 0 Å². The van der Waals surface area contributed by atoms with Gasteiger partial charge in [0.15, 0.2) is 0 Å². The summed E-state index contributed by atoms with van der Waals surface area (Å²) in [7, 11) is 0. The number of para-hydroxylation sites is 1. The number of nitrogens with one attached hydrogen (secondary N) is 1. The number of fused-ring (bicyclic) bond motifs is 1. The molecule has 0 radical (unpaired) electrons. The number of furan rings is 1. The third-order valence-electron chi connectivity index (χ3n) is 4.07. The molecule has 0 aliphatic rings. The fraction of sp³-hybridized carbons (Fsp3) is 0.158. The third kappa shape index (κ3) is 4.02. The van der Waals surface area contributed by atoms with E-state index in [1.807, 2.05) is 49.4 Å². The number of hydrogen-bond donors (Lipinski definition) is 1. The first kappa shape index (κ1) is 18.5. The number of halogens is 1. The molecule has 9 heteroatoms. The lowest BCUT2D eigenvalue weighted by Gasteiger charge is -2.11. The Hall–Kier alpha value is -2.84. The molecule has 28 heavy (non-hydrogen) atoms. The van der Waals surface area contributed by atoms with Gasteiger partial charge < -0.3 is 9.73 Å². The van der Waals surface area contributed by atoms with Gasteiger partial charge in [-0.2, -0.15) is 4.68 Å². The van der Waals surface area contributed by atoms with E-state index in [9.17, 15) is 4.79 Å². The Morgan fingerprint density at radius 2 is 2.11 bits per heavy atom. The minimum Gasteiger partial charge on any atom is -0.459 e. The lowest BCUT2D eigenvalue weighted by Crippen LogP contribution is -2.28. The van der Waals surface area contributed by atoms with Gasteiger partial charge in [0.05, 0.1) is 17.5 Å². The van der Waals surface area contributed by atoms with Gasteiger partial charge in [0.2, 0.25) is 11.1 Å². The van der Waals surface area contributed by atoms with Crippen molar-refractivity contribution < 1.29 is 9.21 Å². The molecule has 1 N–H and O–H groups in total. The Morgan fingerprint density at radius 3 is 2.93 bits per heavy atom. The Morgan fingerprint density at radius 1 is 1.25 bits per heavy atom. The molecule has 2 heterocycles. The molecule has 1 atom stereocenters. The van der Waals surface area contributed by atoms with Crippen molar-refractivity contribution >= 4 is 40.2 Å². The van der Waals surface area contributed by atoms with Gasteiger partial charge in [-0.05, 0) is 47.7 Å². The molecule has 7 nitrogen and oxygen atoms in total. The van der Waals surface area contributed by atoms with E-state index in [1.54, 1.807) is 16.8 Å². The summed E-state index contributed by atoms with van der Waals surface area (Å²) in [6.45, 7) is 1.89. The van der Waals surface area contributed by atoms with Gasteiger partial charge >= 0.3 is 0 Å². The Balaban J connectivity index is 1.39. The van der Waals surface area contributed by atoms with Gasteiger partial charge in [0, 0.05) is 10.4 Å². The van der Waals surface area contributed by atoms with E-state index in [4.69, 9.17) is 16.0 Å². The molecule has 0 spiro atoms. The molecule has 4 aromatic rings. The smallest absolute Gasteiger partial charge is 0.231 e. The maximum Gasteiger partial charge on any atom is 0.231 e. The maximum absolute atomic E-state index is 12.4. The average Bonchev–Trinajstić information content (AvgIpc) is 3.33. The SMILES string of the molecule is C[C@@H](NC(=O)CSc1nnnn1-c1cccc(Cl)c1)c1cc2ccccc2o1. The van der Waals surface area contributed by atoms with E-state index in [0.29, 0.717) is 15.9 Å². The highest BCUT2D eigenvalue weighted by atomic mass is 35.5. The fourth-order valence-corrected chi connectivity index (χ4v) is 3.63. The van der Waals surface area contributed by atoms with Crippen LogP contribution in [-0.2, 0) is 4.79 Å². The van der Waals surface area contributed by atoms with Crippen LogP contribution < -0.4 is 5.32 Å². The number of carbonyl (C=O) groups excluding carboxylic acids is 1. The van der Waals surface area contributed by atoms with Crippen molar-refractivity contribution in [1.82, 2.24) is 25.5 Å². The van der Waals surface area contributed by atoms with Crippen molar-refractivity contribution in [2.45, 2.75) is 18.1 Å². The molecule has 142 valence electrons. The summed E-state index contributed by atoms with van der Waals surface area (Å²) < 4.78 is 7.35. The van der Waals surface area contributed by atoms with Gasteiger partial charge in [0.1, 0.15) is 11.3 Å². The zero-order chi connectivity index (χ0) is 19.5. The highest BCUT2D eigenvalue weighted by Gasteiger charge is 2.16. The quantitative estimate of drug-likeness (QED) is 0.480. The summed E-state index contributed by atoms with van der Waals surface area (Å²) in [4.78, 5) is 12.4. The van der Waals surface area contributed by atoms with Crippen molar-refractivity contribution in [3.05, 3.63) is 65.4 Å². The molecule has 0 fully saturated rings. The summed E-state index contributed by atoms with van der Waals surface area (Å²) in [5.74, 6) is 0.743. The molecule has 0 saturated carbocycles. The second-order valence-electron chi connectivity index (χ2n) is 6.12. The van der Waals surface area contributed by atoms with E-state index in [2.05, 4.69) is 20.8 Å². The molecule has 2 aromatic carbocycles. The molecule has 1 amide bonds. The Labute approximate surface area is 170 Å². The van der Waals surface area contributed by atoms with Crippen molar-refractivity contribution in [1.29, 1.82) is 0 Å². The topological polar surface area (TPSA) is 85.8 Å². The van der Waals surface area contributed by atoms with Crippen molar-refractivity contribution in [3.8, 4) is 5.69 Å². The number of rotatable bonds is 6. The molecular formula is C19H16ClN5O2S. The Bertz CT molecular complexity index is 1090. The molecule has 2 aromatic heterocycles. The van der Waals surface area contributed by atoms with Crippen LogP contribution in [0.5, 0.6) is 0 Å². The molecule has 0 aliphatic carbocycles. The van der Waals surface area contributed by atoms with Gasteiger partial charge in [-0.25, -0.2) is 0 Å². The van der Waals surface area contributed by atoms with Crippen LogP contribution in [-0.4, -0.2) is 31.9 Å². The number of amides is 1. The third-order valence-corrected chi connectivity index (χ3v) is 5.23. The monoisotopic (exact) mass is 413 g/mol. The number of hydrogen-bond acceptors (Lipinski definition) is 6. The van der Waals surface area contributed by atoms with E-state index in [-0.39, 0.29) is 17.7 Å². The largest absolute Gasteiger partial charge is 0.459 e. The average molecular weight is 414 g/mol. The summed E-state index contributed by atoms with van der Waals surface area (Å²) in [6, 6.07) is 16.6. The molecule has 4 rings (SSSR count). The van der Waals surface area contributed by atoms with Gasteiger partial charge in [-0.3, -0.25) is 4.79 Å². The zero-order valence-corrected chi connectivity index (χ0v) is 16.4. The lowest BCUT2D eigenvalue weighted by atomic mass is 10.2. The van der Waals surface area contributed by atoms with Gasteiger partial charge in [-0.1, -0.05) is 47.6 Å². The minimum atomic E-state index is -0.246. The van der Waals surface area contributed by atoms with E-state index in [1.165, 1.54) is 11.8 Å². The number of thioether (sulfide) groups is 1. The van der Waals surface area contributed by atoms with Crippen molar-refractivity contribution in [2.75, 3.05) is 5.75 Å². The maximum atomic E-state index is 12.4. The fourth-order valence-electron chi connectivity index (χ4n) is 2.74. The molecule has 0 saturated heterocycles. The van der Waals surface area contributed by atoms with Crippen LogP contribution in [0.4, 0.5) is 0 Å². The lowest BCUT2D eigenvalue weighted by molar-refractivity contribution is -0.119. The number of tetrazole rings is 1. The van der Waals surface area contributed by atoms with Crippen molar-refractivity contribution in [2.24, 2.45) is 0 Å². The Kier molecular flexibility index (Phi) is 5.31. The number of aromatic nitrogens is 4. The van der Waals surface area contributed by atoms with Crippen LogP contribution in [0.1, 0.15) is 18.7 Å². The summed E-state index contributed by atoms with van der Waals surface area (Å²) in [5.41, 5.74) is 1.53. The summed E-state index contributed by atoms with van der Waals surface area (Å²) in [5, 5.41) is 16.7. The first-order chi connectivity index (χ1) is 13.6. The predicted octanol–water partition coefficient (Wildman–Crippen LogP) is 4.03. The summed E-state index contributed by atoms with van der Waals surface area (Å²) in [6.07, 6.45) is 0. The van der Waals surface area contributed by atoms with Crippen LogP contribution >= 0.6 is 23.4 Å². The first-order valence-corrected chi connectivity index (χ1v) is 9.91. The summed E-state index contributed by atoms with van der Waals surface area (Å²) >= 11 is 7.27. The molecular weight excluding hydrogens is 398 g/mol. The predicted molar refractivity (Wildman–Crippen MR) is 108 cm³/mol. The normalized spacial score (nSPS) is 12.2. The van der Waals surface area contributed by atoms with Crippen molar-refractivity contribution in [3.63, 3.8) is 0 Å². The first-order valence-electron chi connectivity index (χ1n) is 8.55. The van der Waals surface area contributed by atoms with E-state index >= 15 is 0 Å². The number of benzene rings is 2. The van der Waals surface area contributed by atoms with Crippen LogP contribution in [0.2, 0.25) is 5.02 Å². The standard InChI is InChI=1S/C19H16ClN5O2S/c1-12(17-9-13-5-2-3-8-16(13)27-17)21-18(26)11-28-19-22-23-24-25(19)15-7-4-6-14(20)10-15/h2-10,12H,11H2,1H3,(H,21,26)/t12-/m1/s1. The van der Waals surface area contributed by atoms with Gasteiger partial charge in [0.25, 0.3) is 0 Å². The van der Waals surface area contributed by atoms with E-state index in [0.717, 1.165) is 16.7 Å². The molecule has 0 aliphatic heterocycles. The molecule has 0 unspecified atom stereocenters. The van der Waals surface area contributed by atoms with Crippen LogP contribution in [0.3, 0.4) is 0 Å². The van der Waals surface area contributed by atoms with Crippen LogP contribution in [0.25, 0.3) is 16.7 Å². The minimum absolute atomic E-state index is 0.140. The second-order valence-corrected chi connectivity index (χ2v) is 7.50. The van der Waals surface area contributed by atoms with Gasteiger partial charge in [-0.15, -0.1) is 5.10 Å².